The Labute approximate surface area is 140 Å². The molecule has 120 valence electrons. The topological polar surface area (TPSA) is 51.0 Å². The summed E-state index contributed by atoms with van der Waals surface area (Å²) >= 11 is 0. The molecule has 0 unspecified atom stereocenters. The maximum absolute atomic E-state index is 13.1. The maximum Gasteiger partial charge on any atom is 0.294 e. The van der Waals surface area contributed by atoms with Crippen molar-refractivity contribution in [3.8, 4) is 22.5 Å². The highest BCUT2D eigenvalue weighted by Crippen LogP contribution is 2.32. The highest BCUT2D eigenvalue weighted by Gasteiger charge is 2.30. The fourth-order valence-electron chi connectivity index (χ4n) is 3.47. The number of benzene rings is 2. The van der Waals surface area contributed by atoms with E-state index in [9.17, 15) is 10.1 Å². The van der Waals surface area contributed by atoms with E-state index < -0.39 is 0 Å². The van der Waals surface area contributed by atoms with Crippen LogP contribution in [0.3, 0.4) is 0 Å². The second-order valence-electron chi connectivity index (χ2n) is 6.12. The Kier molecular flexibility index (Phi) is 3.65. The van der Waals surface area contributed by atoms with E-state index in [0.717, 1.165) is 33.1 Å². The van der Waals surface area contributed by atoms with Gasteiger partial charge in [-0.1, -0.05) is 48.5 Å². The molecule has 0 fully saturated rings. The number of fused-ring (bicyclic) bond motifs is 1. The average Bonchev–Trinajstić information content (AvgIpc) is 2.66. The summed E-state index contributed by atoms with van der Waals surface area (Å²) in [6.45, 7) is 0. The number of hydrogen-bond acceptors (Lipinski definition) is 2. The van der Waals surface area contributed by atoms with Crippen LogP contribution in [0, 0.1) is 10.1 Å². The zero-order valence-corrected chi connectivity index (χ0v) is 13.3. The third-order valence-corrected chi connectivity index (χ3v) is 4.63. The Hall–Kier alpha value is -2.88. The van der Waals surface area contributed by atoms with E-state index in [1.54, 1.807) is 0 Å². The Morgan fingerprint density at radius 1 is 0.833 bits per heavy atom. The third-order valence-electron chi connectivity index (χ3n) is 4.63. The van der Waals surface area contributed by atoms with Gasteiger partial charge in [0.15, 0.2) is 0 Å². The molecule has 0 bridgehead atoms. The molecule has 0 spiro atoms. The largest absolute Gasteiger partial charge is 0.805 e. The first kappa shape index (κ1) is 14.7. The minimum atomic E-state index is 0.442. The molecule has 1 aliphatic carbocycles. The predicted octanol–water partition coefficient (Wildman–Crippen LogP) is 3.96. The summed E-state index contributed by atoms with van der Waals surface area (Å²) in [5.74, 6) is 0. The Bertz CT molecular complexity index is 931. The van der Waals surface area contributed by atoms with E-state index in [2.05, 4.69) is 0 Å². The quantitative estimate of drug-likeness (QED) is 0.672. The predicted molar refractivity (Wildman–Crippen MR) is 94.1 cm³/mol. The molecule has 1 aromatic heterocycles. The van der Waals surface area contributed by atoms with E-state index in [0.29, 0.717) is 35.6 Å². The lowest BCUT2D eigenvalue weighted by molar-refractivity contribution is -0.494. The smallest absolute Gasteiger partial charge is 0.294 e. The van der Waals surface area contributed by atoms with Crippen molar-refractivity contribution in [2.24, 2.45) is 0 Å². The van der Waals surface area contributed by atoms with Gasteiger partial charge in [-0.25, -0.2) is 0 Å². The van der Waals surface area contributed by atoms with Gasteiger partial charge in [0.05, 0.1) is 15.7 Å². The van der Waals surface area contributed by atoms with Gasteiger partial charge in [-0.3, -0.25) is 0 Å². The van der Waals surface area contributed by atoms with Gasteiger partial charge < -0.3 is 9.94 Å². The molecule has 0 amide bonds. The van der Waals surface area contributed by atoms with Gasteiger partial charge in [0.1, 0.15) is 5.69 Å². The monoisotopic (exact) mass is 318 g/mol. The van der Waals surface area contributed by atoms with Gasteiger partial charge in [0, 0.05) is 16.9 Å². The van der Waals surface area contributed by atoms with Crippen LogP contribution in [0.4, 0.5) is 0 Å². The lowest BCUT2D eigenvalue weighted by Crippen LogP contribution is -2.32. The molecule has 1 heterocycles. The molecule has 1 aliphatic rings. The van der Waals surface area contributed by atoms with Crippen LogP contribution >= 0.6 is 0 Å². The van der Waals surface area contributed by atoms with Gasteiger partial charge in [-0.2, -0.15) is 0 Å². The van der Waals surface area contributed by atoms with Crippen molar-refractivity contribution >= 4 is 0 Å². The molecule has 3 aromatic rings. The minimum Gasteiger partial charge on any atom is -0.805 e. The standard InChI is InChI=1S/C20H18N2O2/c23-21-17-13-7-8-14-18(17)22(24)20(16-11-5-2-6-12-16)19(21)15-9-3-1-4-10-15/h1-6,9-12H,7-8,13-14H2. The summed E-state index contributed by atoms with van der Waals surface area (Å²) in [6.07, 6.45) is 3.23. The molecule has 0 aliphatic heterocycles. The Balaban J connectivity index is 2.11. The van der Waals surface area contributed by atoms with Crippen LogP contribution < -0.4 is 4.43 Å². The van der Waals surface area contributed by atoms with E-state index in [-0.39, 0.29) is 0 Å². The Morgan fingerprint density at radius 2 is 1.42 bits per heavy atom. The van der Waals surface area contributed by atoms with Crippen molar-refractivity contribution in [3.05, 3.63) is 82.2 Å². The van der Waals surface area contributed by atoms with Gasteiger partial charge >= 0.3 is 0 Å². The molecule has 24 heavy (non-hydrogen) atoms. The summed E-state index contributed by atoms with van der Waals surface area (Å²) in [4.78, 5) is 13.1. The minimum absolute atomic E-state index is 0.442. The van der Waals surface area contributed by atoms with Crippen LogP contribution in [-0.4, -0.2) is 4.73 Å². The zero-order valence-electron chi connectivity index (χ0n) is 13.3. The number of hydrogen-bond donors (Lipinski definition) is 0. The van der Waals surface area contributed by atoms with E-state index in [1.165, 1.54) is 0 Å². The lowest BCUT2D eigenvalue weighted by atomic mass is 9.97. The van der Waals surface area contributed by atoms with Crippen molar-refractivity contribution in [2.75, 3.05) is 0 Å². The van der Waals surface area contributed by atoms with Crippen LogP contribution in [0.25, 0.3) is 22.5 Å². The van der Waals surface area contributed by atoms with Crippen LogP contribution in [0.1, 0.15) is 24.2 Å². The van der Waals surface area contributed by atoms with Crippen LogP contribution in [-0.2, 0) is 12.8 Å². The third kappa shape index (κ3) is 2.31. The normalized spacial score (nSPS) is 13.5. The van der Waals surface area contributed by atoms with E-state index in [1.807, 2.05) is 60.7 Å². The van der Waals surface area contributed by atoms with Crippen molar-refractivity contribution in [1.82, 2.24) is 4.73 Å². The van der Waals surface area contributed by atoms with E-state index >= 15 is 0 Å². The van der Waals surface area contributed by atoms with Crippen molar-refractivity contribution < 1.29 is 4.43 Å². The molecule has 0 atom stereocenters. The summed E-state index contributed by atoms with van der Waals surface area (Å²) in [5.41, 5.74) is 3.66. The lowest BCUT2D eigenvalue weighted by Gasteiger charge is -2.25. The molecule has 0 saturated heterocycles. The molecule has 0 radical (unpaired) electrons. The van der Waals surface area contributed by atoms with Crippen molar-refractivity contribution in [1.29, 1.82) is 0 Å². The molecule has 0 saturated carbocycles. The second kappa shape index (κ2) is 5.96. The second-order valence-corrected chi connectivity index (χ2v) is 6.12. The molecule has 4 nitrogen and oxygen atoms in total. The summed E-state index contributed by atoms with van der Waals surface area (Å²) in [6, 6.07) is 18.9. The number of aromatic nitrogens is 2. The summed E-state index contributed by atoms with van der Waals surface area (Å²) in [7, 11) is 0. The molecular formula is C20H18N2O2. The first-order chi connectivity index (χ1) is 11.8. The summed E-state index contributed by atoms with van der Waals surface area (Å²) in [5, 5.41) is 13.1. The molecule has 4 heteroatoms. The van der Waals surface area contributed by atoms with Crippen LogP contribution in [0.2, 0.25) is 0 Å². The summed E-state index contributed by atoms with van der Waals surface area (Å²) < 4.78 is 1.97. The van der Waals surface area contributed by atoms with Gasteiger partial charge in [-0.15, -0.1) is 0 Å². The molecule has 2 aromatic carbocycles. The van der Waals surface area contributed by atoms with Gasteiger partial charge in [0.25, 0.3) is 11.4 Å². The number of nitrogens with zero attached hydrogens (tertiary/aromatic N) is 2. The maximum atomic E-state index is 13.1. The zero-order chi connectivity index (χ0) is 16.5. The number of rotatable bonds is 2. The fraction of sp³-hybridized carbons (Fsp3) is 0.200. The Morgan fingerprint density at radius 3 is 2.08 bits per heavy atom. The van der Waals surface area contributed by atoms with Gasteiger partial charge in [0.2, 0.25) is 0 Å². The first-order valence-corrected chi connectivity index (χ1v) is 8.29. The van der Waals surface area contributed by atoms with Crippen molar-refractivity contribution in [2.45, 2.75) is 25.7 Å². The molecular weight excluding hydrogens is 300 g/mol. The molecule has 0 N–H and O–H groups in total. The average molecular weight is 318 g/mol. The molecule has 4 rings (SSSR count). The first-order valence-electron chi connectivity index (χ1n) is 8.29. The SMILES string of the molecule is O=[n+]1c2c(n([O-])c(-c3ccccc3)c1-c1ccccc1)CCCC2. The highest BCUT2D eigenvalue weighted by molar-refractivity contribution is 5.76. The fourth-order valence-corrected chi connectivity index (χ4v) is 3.47. The van der Waals surface area contributed by atoms with E-state index in [4.69, 9.17) is 0 Å². The van der Waals surface area contributed by atoms with Gasteiger partial charge in [-0.05, 0) is 31.4 Å². The van der Waals surface area contributed by atoms with Crippen molar-refractivity contribution in [3.63, 3.8) is 0 Å². The van der Waals surface area contributed by atoms with Crippen LogP contribution in [0.5, 0.6) is 0 Å². The van der Waals surface area contributed by atoms with Crippen LogP contribution in [0.15, 0.2) is 60.7 Å². The highest BCUT2D eigenvalue weighted by atomic mass is 16.5.